The van der Waals surface area contributed by atoms with Crippen LogP contribution in [-0.4, -0.2) is 9.97 Å². The molecule has 8 rings (SSSR count). The van der Waals surface area contributed by atoms with Gasteiger partial charge in [-0.3, -0.25) is 9.97 Å². The molecule has 0 spiro atoms. The predicted octanol–water partition coefficient (Wildman–Crippen LogP) is 13.1. The average molecular weight is 651 g/mol. The second-order valence-corrected chi connectivity index (χ2v) is 15.4. The number of aryl methyl sites for hydroxylation is 1. The molecule has 0 unspecified atom stereocenters. The van der Waals surface area contributed by atoms with Gasteiger partial charge in [-0.15, -0.1) is 11.3 Å². The van der Waals surface area contributed by atoms with Gasteiger partial charge in [-0.05, 0) is 123 Å². The minimum absolute atomic E-state index is 0.257. The van der Waals surface area contributed by atoms with E-state index in [9.17, 15) is 0 Å². The summed E-state index contributed by atoms with van der Waals surface area (Å²) in [7, 11) is 0. The van der Waals surface area contributed by atoms with Gasteiger partial charge in [0.2, 0.25) is 0 Å². The summed E-state index contributed by atoms with van der Waals surface area (Å²) < 4.78 is 1.28. The number of thiophene rings is 1. The van der Waals surface area contributed by atoms with Crippen LogP contribution in [0, 0.1) is 12.3 Å². The first-order valence-corrected chi connectivity index (χ1v) is 17.7. The van der Waals surface area contributed by atoms with Gasteiger partial charge in [0.15, 0.2) is 0 Å². The summed E-state index contributed by atoms with van der Waals surface area (Å²) in [6.07, 6.45) is 4.88. The van der Waals surface area contributed by atoms with E-state index in [4.69, 9.17) is 9.97 Å². The van der Waals surface area contributed by atoms with Crippen molar-refractivity contribution in [2.24, 2.45) is 5.41 Å². The third-order valence-electron chi connectivity index (χ3n) is 9.15. The number of fused-ring (bicyclic) bond motifs is 3. The van der Waals surface area contributed by atoms with Crippen molar-refractivity contribution < 1.29 is 0 Å². The van der Waals surface area contributed by atoms with Crippen LogP contribution in [0.15, 0.2) is 146 Å². The summed E-state index contributed by atoms with van der Waals surface area (Å²) >= 11 is 1.85. The maximum Gasteiger partial charge on any atom is 0.0722 e. The molecule has 0 bridgehead atoms. The maximum absolute atomic E-state index is 4.98. The molecule has 0 aliphatic heterocycles. The standard InChI is InChI=1S/C46H38N2S/c1-30-23-41-39-14-10-13-38(36-24-35(32-11-6-5-7-12-32)25-37(26-36)43-15-8-9-21-47-43)40(39)28-42(45(41)49-30)44-27-34(20-22-48-44)33-18-16-31(17-19-33)29-46(2,3)4/h5-28H,29H2,1-4H3. The van der Waals surface area contributed by atoms with Crippen LogP contribution in [0.2, 0.25) is 0 Å². The number of aromatic nitrogens is 2. The second-order valence-electron chi connectivity index (χ2n) is 14.2. The van der Waals surface area contributed by atoms with E-state index in [0.29, 0.717) is 0 Å². The molecule has 49 heavy (non-hydrogen) atoms. The summed E-state index contributed by atoms with van der Waals surface area (Å²) in [4.78, 5) is 11.0. The highest BCUT2D eigenvalue weighted by Gasteiger charge is 2.17. The Labute approximate surface area is 292 Å². The Morgan fingerprint density at radius 3 is 2.00 bits per heavy atom. The number of nitrogens with zero attached hydrogens (tertiary/aromatic N) is 2. The molecule has 0 atom stereocenters. The van der Waals surface area contributed by atoms with E-state index in [2.05, 4.69) is 155 Å². The molecule has 0 saturated carbocycles. The Hall–Kier alpha value is -5.38. The maximum atomic E-state index is 4.98. The van der Waals surface area contributed by atoms with Gasteiger partial charge in [0.1, 0.15) is 0 Å². The van der Waals surface area contributed by atoms with E-state index >= 15 is 0 Å². The second kappa shape index (κ2) is 12.6. The molecular formula is C46H38N2S. The third kappa shape index (κ3) is 6.30. The van der Waals surface area contributed by atoms with Gasteiger partial charge >= 0.3 is 0 Å². The Morgan fingerprint density at radius 2 is 1.22 bits per heavy atom. The zero-order chi connectivity index (χ0) is 33.5. The van der Waals surface area contributed by atoms with Crippen LogP contribution in [0.3, 0.4) is 0 Å². The third-order valence-corrected chi connectivity index (χ3v) is 10.2. The Kier molecular flexibility index (Phi) is 7.94. The first-order chi connectivity index (χ1) is 23.8. The van der Waals surface area contributed by atoms with Gasteiger partial charge < -0.3 is 0 Å². The normalized spacial score (nSPS) is 11.8. The largest absolute Gasteiger partial charge is 0.256 e. The average Bonchev–Trinajstić information content (AvgIpc) is 3.53. The van der Waals surface area contributed by atoms with Crippen molar-refractivity contribution in [3.63, 3.8) is 0 Å². The van der Waals surface area contributed by atoms with Crippen LogP contribution >= 0.6 is 11.3 Å². The molecule has 0 amide bonds. The van der Waals surface area contributed by atoms with Crippen LogP contribution in [0.25, 0.3) is 76.8 Å². The number of pyridine rings is 2. The zero-order valence-electron chi connectivity index (χ0n) is 28.4. The van der Waals surface area contributed by atoms with E-state index in [0.717, 1.165) is 23.4 Å². The topological polar surface area (TPSA) is 25.8 Å². The molecule has 3 aromatic heterocycles. The lowest BCUT2D eigenvalue weighted by Crippen LogP contribution is -2.08. The van der Waals surface area contributed by atoms with Crippen molar-refractivity contribution in [3.05, 3.63) is 156 Å². The Balaban J connectivity index is 1.30. The van der Waals surface area contributed by atoms with Gasteiger partial charge in [0, 0.05) is 38.5 Å². The van der Waals surface area contributed by atoms with Crippen molar-refractivity contribution in [1.29, 1.82) is 0 Å². The smallest absolute Gasteiger partial charge is 0.0722 e. The van der Waals surface area contributed by atoms with Crippen LogP contribution in [0.1, 0.15) is 31.2 Å². The number of rotatable bonds is 6. The first kappa shape index (κ1) is 30.9. The van der Waals surface area contributed by atoms with Crippen LogP contribution in [0.5, 0.6) is 0 Å². The van der Waals surface area contributed by atoms with Crippen LogP contribution in [0.4, 0.5) is 0 Å². The lowest BCUT2D eigenvalue weighted by Gasteiger charge is -2.18. The highest BCUT2D eigenvalue weighted by Crippen LogP contribution is 2.44. The Morgan fingerprint density at radius 1 is 0.490 bits per heavy atom. The van der Waals surface area contributed by atoms with E-state index in [-0.39, 0.29) is 5.41 Å². The fourth-order valence-corrected chi connectivity index (χ4v) is 8.02. The van der Waals surface area contributed by atoms with Gasteiger partial charge in [0.25, 0.3) is 0 Å². The molecule has 238 valence electrons. The van der Waals surface area contributed by atoms with Crippen LogP contribution in [-0.2, 0) is 6.42 Å². The minimum Gasteiger partial charge on any atom is -0.256 e. The number of hydrogen-bond acceptors (Lipinski definition) is 3. The van der Waals surface area contributed by atoms with Crippen molar-refractivity contribution in [2.75, 3.05) is 0 Å². The van der Waals surface area contributed by atoms with E-state index in [1.807, 2.05) is 29.8 Å². The molecule has 0 saturated heterocycles. The zero-order valence-corrected chi connectivity index (χ0v) is 29.2. The summed E-state index contributed by atoms with van der Waals surface area (Å²) in [5, 5.41) is 3.76. The fraction of sp³-hybridized carbons (Fsp3) is 0.130. The summed E-state index contributed by atoms with van der Waals surface area (Å²) in [5.41, 5.74) is 13.0. The number of benzene rings is 5. The SMILES string of the molecule is Cc1cc2c(s1)c(-c1cc(-c3ccc(CC(C)(C)C)cc3)ccn1)cc1c(-c3cc(-c4ccccc4)cc(-c4ccccn4)c3)cccc12. The Bertz CT molecular complexity index is 2380. The van der Waals surface area contributed by atoms with Crippen molar-refractivity contribution in [1.82, 2.24) is 9.97 Å². The highest BCUT2D eigenvalue weighted by atomic mass is 32.1. The lowest BCUT2D eigenvalue weighted by atomic mass is 9.87. The van der Waals surface area contributed by atoms with Crippen molar-refractivity contribution in [3.8, 4) is 55.9 Å². The van der Waals surface area contributed by atoms with Gasteiger partial charge in [-0.1, -0.05) is 99.6 Å². The molecule has 0 aliphatic rings. The van der Waals surface area contributed by atoms with Crippen molar-refractivity contribution >= 4 is 32.2 Å². The van der Waals surface area contributed by atoms with Gasteiger partial charge in [-0.2, -0.15) is 0 Å². The molecule has 3 heteroatoms. The first-order valence-electron chi connectivity index (χ1n) is 16.9. The summed E-state index contributed by atoms with van der Waals surface area (Å²) in [5.74, 6) is 0. The molecule has 2 nitrogen and oxygen atoms in total. The molecular weight excluding hydrogens is 613 g/mol. The molecule has 8 aromatic rings. The molecule has 3 heterocycles. The molecule has 0 fully saturated rings. The van der Waals surface area contributed by atoms with Gasteiger partial charge in [0.05, 0.1) is 11.4 Å². The van der Waals surface area contributed by atoms with E-state index in [1.165, 1.54) is 70.2 Å². The van der Waals surface area contributed by atoms with Gasteiger partial charge in [-0.25, -0.2) is 0 Å². The monoisotopic (exact) mass is 650 g/mol. The van der Waals surface area contributed by atoms with Crippen LogP contribution < -0.4 is 0 Å². The molecule has 0 radical (unpaired) electrons. The van der Waals surface area contributed by atoms with E-state index in [1.54, 1.807) is 0 Å². The molecule has 0 aliphatic carbocycles. The van der Waals surface area contributed by atoms with Crippen molar-refractivity contribution in [2.45, 2.75) is 34.1 Å². The predicted molar refractivity (Wildman–Crippen MR) is 210 cm³/mol. The molecule has 0 N–H and O–H groups in total. The quantitative estimate of drug-likeness (QED) is 0.179. The summed E-state index contributed by atoms with van der Waals surface area (Å²) in [6, 6.07) is 48.5. The molecule has 5 aromatic carbocycles. The highest BCUT2D eigenvalue weighted by molar-refractivity contribution is 7.19. The summed E-state index contributed by atoms with van der Waals surface area (Å²) in [6.45, 7) is 9.07. The fourth-order valence-electron chi connectivity index (χ4n) is 6.97. The number of hydrogen-bond donors (Lipinski definition) is 0. The minimum atomic E-state index is 0.257. The lowest BCUT2D eigenvalue weighted by molar-refractivity contribution is 0.411. The van der Waals surface area contributed by atoms with E-state index < -0.39 is 0 Å².